The van der Waals surface area contributed by atoms with Crippen LogP contribution in [0.25, 0.3) is 0 Å². The van der Waals surface area contributed by atoms with E-state index in [1.165, 1.54) is 0 Å². The number of nitrogens with one attached hydrogen (secondary N) is 1. The van der Waals surface area contributed by atoms with Gasteiger partial charge in [-0.1, -0.05) is 13.3 Å². The number of rotatable bonds is 6. The molecular formula is C14H28ClN3O3S. The maximum Gasteiger partial charge on any atom is 0.240 e. The molecule has 1 aliphatic carbocycles. The summed E-state index contributed by atoms with van der Waals surface area (Å²) in [5.74, 6) is -0.132. The van der Waals surface area contributed by atoms with Gasteiger partial charge in [0.15, 0.2) is 0 Å². The van der Waals surface area contributed by atoms with Gasteiger partial charge in [0, 0.05) is 19.1 Å². The van der Waals surface area contributed by atoms with Crippen molar-refractivity contribution in [2.45, 2.75) is 69.2 Å². The van der Waals surface area contributed by atoms with Crippen LogP contribution < -0.4 is 11.1 Å². The molecule has 2 rings (SSSR count). The zero-order valence-electron chi connectivity index (χ0n) is 13.4. The Morgan fingerprint density at radius 1 is 1.27 bits per heavy atom. The Kier molecular flexibility index (Phi) is 6.68. The van der Waals surface area contributed by atoms with Gasteiger partial charge in [-0.15, -0.1) is 12.4 Å². The predicted molar refractivity (Wildman–Crippen MR) is 89.4 cm³/mol. The average molecular weight is 354 g/mol. The second-order valence-electron chi connectivity index (χ2n) is 6.56. The highest BCUT2D eigenvalue weighted by Crippen LogP contribution is 2.32. The molecule has 6 nitrogen and oxygen atoms in total. The van der Waals surface area contributed by atoms with Crippen LogP contribution in [0.1, 0.15) is 52.4 Å². The van der Waals surface area contributed by atoms with Crippen molar-refractivity contribution in [3.05, 3.63) is 0 Å². The van der Waals surface area contributed by atoms with E-state index in [9.17, 15) is 13.2 Å². The maximum absolute atomic E-state index is 12.2. The summed E-state index contributed by atoms with van der Waals surface area (Å²) >= 11 is 0. The number of piperidine rings is 1. The fourth-order valence-corrected chi connectivity index (χ4v) is 4.69. The highest BCUT2D eigenvalue weighted by atomic mass is 35.5. The van der Waals surface area contributed by atoms with E-state index in [0.29, 0.717) is 32.4 Å². The third kappa shape index (κ3) is 4.57. The monoisotopic (exact) mass is 353 g/mol. The molecule has 0 aromatic heterocycles. The molecule has 1 heterocycles. The molecule has 1 unspecified atom stereocenters. The largest absolute Gasteiger partial charge is 0.352 e. The molecular weight excluding hydrogens is 326 g/mol. The second-order valence-corrected chi connectivity index (χ2v) is 8.77. The van der Waals surface area contributed by atoms with Gasteiger partial charge in [0.2, 0.25) is 15.9 Å². The lowest BCUT2D eigenvalue weighted by molar-refractivity contribution is -0.127. The van der Waals surface area contributed by atoms with Crippen molar-refractivity contribution in [2.75, 3.05) is 13.1 Å². The molecule has 1 atom stereocenters. The number of hydrogen-bond acceptors (Lipinski definition) is 4. The molecule has 1 saturated carbocycles. The van der Waals surface area contributed by atoms with Gasteiger partial charge in [-0.3, -0.25) is 4.79 Å². The number of amides is 1. The van der Waals surface area contributed by atoms with Crippen LogP contribution in [0.15, 0.2) is 0 Å². The molecule has 0 radical (unpaired) electrons. The number of nitrogens with zero attached hydrogens (tertiary/aromatic N) is 1. The number of halogens is 1. The predicted octanol–water partition coefficient (Wildman–Crippen LogP) is 0.998. The molecule has 0 bridgehead atoms. The molecule has 8 heteroatoms. The molecule has 3 N–H and O–H groups in total. The van der Waals surface area contributed by atoms with Crippen LogP contribution >= 0.6 is 12.4 Å². The molecule has 1 amide bonds. The Morgan fingerprint density at radius 2 is 1.82 bits per heavy atom. The van der Waals surface area contributed by atoms with Gasteiger partial charge >= 0.3 is 0 Å². The van der Waals surface area contributed by atoms with Crippen molar-refractivity contribution in [3.8, 4) is 0 Å². The van der Waals surface area contributed by atoms with E-state index in [1.54, 1.807) is 11.2 Å². The van der Waals surface area contributed by atoms with Crippen molar-refractivity contribution in [1.29, 1.82) is 0 Å². The van der Waals surface area contributed by atoms with Crippen LogP contribution in [0, 0.1) is 0 Å². The minimum absolute atomic E-state index is 0. The molecule has 22 heavy (non-hydrogen) atoms. The number of carbonyl (C=O) groups excluding carboxylic acids is 1. The number of carbonyl (C=O) groups is 1. The Labute approximate surface area is 139 Å². The zero-order valence-corrected chi connectivity index (χ0v) is 15.0. The first-order valence-corrected chi connectivity index (χ1v) is 9.36. The molecule has 0 aromatic carbocycles. The fraction of sp³-hybridized carbons (Fsp3) is 0.929. The van der Waals surface area contributed by atoms with Gasteiger partial charge < -0.3 is 11.1 Å². The highest BCUT2D eigenvalue weighted by molar-refractivity contribution is 7.90. The highest BCUT2D eigenvalue weighted by Gasteiger charge is 2.41. The minimum Gasteiger partial charge on any atom is -0.352 e. The van der Waals surface area contributed by atoms with Gasteiger partial charge in [-0.2, -0.15) is 0 Å². The van der Waals surface area contributed by atoms with E-state index in [1.807, 2.05) is 6.92 Å². The fourth-order valence-electron chi connectivity index (χ4n) is 2.81. The van der Waals surface area contributed by atoms with Gasteiger partial charge in [0.05, 0.1) is 10.8 Å². The van der Waals surface area contributed by atoms with Crippen molar-refractivity contribution >= 4 is 28.3 Å². The first-order chi connectivity index (χ1) is 9.77. The lowest BCUT2D eigenvalue weighted by Crippen LogP contribution is -2.56. The third-order valence-electron chi connectivity index (χ3n) is 4.38. The second kappa shape index (κ2) is 7.47. The molecule has 2 fully saturated rings. The lowest BCUT2D eigenvalue weighted by Gasteiger charge is -2.33. The summed E-state index contributed by atoms with van der Waals surface area (Å²) in [5, 5.41) is 2.82. The van der Waals surface area contributed by atoms with Crippen LogP contribution in [0.5, 0.6) is 0 Å². The maximum atomic E-state index is 12.2. The molecule has 2 aliphatic rings. The van der Waals surface area contributed by atoms with Crippen LogP contribution in [0.2, 0.25) is 0 Å². The Morgan fingerprint density at radius 3 is 2.27 bits per heavy atom. The first-order valence-electron chi connectivity index (χ1n) is 7.86. The molecule has 1 saturated heterocycles. The van der Waals surface area contributed by atoms with Crippen molar-refractivity contribution in [2.24, 2.45) is 5.73 Å². The summed E-state index contributed by atoms with van der Waals surface area (Å²) in [7, 11) is -3.08. The van der Waals surface area contributed by atoms with Crippen LogP contribution in [0.3, 0.4) is 0 Å². The van der Waals surface area contributed by atoms with Crippen LogP contribution in [-0.2, 0) is 14.8 Å². The van der Waals surface area contributed by atoms with Gasteiger partial charge in [-0.05, 0) is 39.0 Å². The Bertz CT molecular complexity index is 484. The summed E-state index contributed by atoms with van der Waals surface area (Å²) in [6, 6.07) is 0.0304. The van der Waals surface area contributed by atoms with Crippen molar-refractivity contribution in [1.82, 2.24) is 9.62 Å². The first kappa shape index (κ1) is 19.7. The standard InChI is InChI=1S/C14H27N3O3S.ClH/c1-3-8-14(2,15)13(18)16-11-6-9-17(10-7-11)21(19,20)12-4-5-12;/h11-12H,3-10,15H2,1-2H3,(H,16,18);1H. The van der Waals surface area contributed by atoms with E-state index in [4.69, 9.17) is 5.73 Å². The van der Waals surface area contributed by atoms with Gasteiger partial charge in [0.1, 0.15) is 0 Å². The van der Waals surface area contributed by atoms with E-state index in [-0.39, 0.29) is 29.6 Å². The van der Waals surface area contributed by atoms with Crippen molar-refractivity contribution < 1.29 is 13.2 Å². The summed E-state index contributed by atoms with van der Waals surface area (Å²) in [6.07, 6.45) is 4.43. The Balaban J connectivity index is 0.00000242. The van der Waals surface area contributed by atoms with Crippen LogP contribution in [0.4, 0.5) is 0 Å². The molecule has 0 aromatic rings. The molecule has 1 aliphatic heterocycles. The molecule has 0 spiro atoms. The third-order valence-corrected chi connectivity index (χ3v) is 6.78. The summed E-state index contributed by atoms with van der Waals surface area (Å²) in [6.45, 7) is 4.75. The SMILES string of the molecule is CCCC(C)(N)C(=O)NC1CCN(S(=O)(=O)C2CC2)CC1.Cl. The average Bonchev–Trinajstić information content (AvgIpc) is 3.23. The minimum atomic E-state index is -3.08. The van der Waals surface area contributed by atoms with Gasteiger partial charge in [-0.25, -0.2) is 12.7 Å². The van der Waals surface area contributed by atoms with Crippen molar-refractivity contribution in [3.63, 3.8) is 0 Å². The van der Waals surface area contributed by atoms with Gasteiger partial charge in [0.25, 0.3) is 0 Å². The lowest BCUT2D eigenvalue weighted by atomic mass is 9.95. The summed E-state index contributed by atoms with van der Waals surface area (Å²) in [4.78, 5) is 12.2. The van der Waals surface area contributed by atoms with E-state index in [0.717, 1.165) is 19.3 Å². The molecule has 130 valence electrons. The quantitative estimate of drug-likeness (QED) is 0.745. The topological polar surface area (TPSA) is 92.5 Å². The number of hydrogen-bond donors (Lipinski definition) is 2. The smallest absolute Gasteiger partial charge is 0.240 e. The summed E-state index contributed by atoms with van der Waals surface area (Å²) in [5.41, 5.74) is 5.17. The van der Waals surface area contributed by atoms with E-state index >= 15 is 0 Å². The normalized spacial score (nSPS) is 23.4. The number of sulfonamides is 1. The Hall–Kier alpha value is -0.370. The van der Waals surface area contributed by atoms with E-state index in [2.05, 4.69) is 5.32 Å². The zero-order chi connectivity index (χ0) is 15.7. The van der Waals surface area contributed by atoms with Crippen LogP contribution in [-0.4, -0.2) is 48.6 Å². The van der Waals surface area contributed by atoms with E-state index < -0.39 is 15.6 Å². The summed E-state index contributed by atoms with van der Waals surface area (Å²) < 4.78 is 25.9. The number of nitrogens with two attached hydrogens (primary N) is 1.